The van der Waals surface area contributed by atoms with E-state index in [-0.39, 0.29) is 5.54 Å². The molecule has 4 nitrogen and oxygen atoms in total. The van der Waals surface area contributed by atoms with Gasteiger partial charge in [0.15, 0.2) is 0 Å². The van der Waals surface area contributed by atoms with Crippen LogP contribution in [0, 0.1) is 6.92 Å². The van der Waals surface area contributed by atoms with Crippen molar-refractivity contribution in [2.45, 2.75) is 51.2 Å². The quantitative estimate of drug-likeness (QED) is 0.847. The number of pyridine rings is 1. The fraction of sp³-hybridized carbons (Fsp3) is 0.455. The van der Waals surface area contributed by atoms with E-state index in [9.17, 15) is 4.79 Å². The van der Waals surface area contributed by atoms with E-state index in [1.807, 2.05) is 30.5 Å². The third-order valence-corrected chi connectivity index (χ3v) is 6.02. The van der Waals surface area contributed by atoms with Gasteiger partial charge in [-0.15, -0.1) is 0 Å². The highest BCUT2D eigenvalue weighted by Crippen LogP contribution is 2.39. The monoisotopic (exact) mass is 349 g/mol. The van der Waals surface area contributed by atoms with Crippen LogP contribution in [0.3, 0.4) is 0 Å². The highest BCUT2D eigenvalue weighted by atomic mass is 16.2. The van der Waals surface area contributed by atoms with Crippen molar-refractivity contribution < 1.29 is 4.79 Å². The lowest BCUT2D eigenvalue weighted by Gasteiger charge is -2.45. The first-order valence-electron chi connectivity index (χ1n) is 9.68. The summed E-state index contributed by atoms with van der Waals surface area (Å²) in [4.78, 5) is 22.4. The topological polar surface area (TPSA) is 36.4 Å². The van der Waals surface area contributed by atoms with Gasteiger partial charge < -0.3 is 4.90 Å². The molecule has 1 aromatic carbocycles. The summed E-state index contributed by atoms with van der Waals surface area (Å²) >= 11 is 0. The molecule has 2 aromatic rings. The van der Waals surface area contributed by atoms with Crippen molar-refractivity contribution in [1.29, 1.82) is 0 Å². The van der Waals surface area contributed by atoms with Crippen LogP contribution < -0.4 is 0 Å². The largest absolute Gasteiger partial charge is 0.337 e. The highest BCUT2D eigenvalue weighted by molar-refractivity contribution is 5.87. The van der Waals surface area contributed by atoms with E-state index in [4.69, 9.17) is 0 Å². The number of hydrogen-bond donors (Lipinski definition) is 0. The molecule has 4 rings (SSSR count). The molecule has 136 valence electrons. The number of benzene rings is 1. The number of amides is 1. The molecule has 0 aliphatic carbocycles. The lowest BCUT2D eigenvalue weighted by atomic mass is 9.85. The minimum atomic E-state index is -0.310. The smallest absolute Gasteiger partial charge is 0.243 e. The van der Waals surface area contributed by atoms with Crippen LogP contribution >= 0.6 is 0 Å². The van der Waals surface area contributed by atoms with Gasteiger partial charge in [-0.2, -0.15) is 0 Å². The van der Waals surface area contributed by atoms with Crippen LogP contribution in [0.5, 0.6) is 0 Å². The molecule has 4 heteroatoms. The van der Waals surface area contributed by atoms with Gasteiger partial charge in [-0.1, -0.05) is 36.4 Å². The second-order valence-corrected chi connectivity index (χ2v) is 7.62. The molecule has 3 heterocycles. The maximum Gasteiger partial charge on any atom is 0.243 e. The number of nitrogens with zero attached hydrogens (tertiary/aromatic N) is 3. The Morgan fingerprint density at radius 1 is 1.00 bits per heavy atom. The Labute approximate surface area is 155 Å². The first-order valence-corrected chi connectivity index (χ1v) is 9.68. The van der Waals surface area contributed by atoms with Crippen LogP contribution in [0.4, 0.5) is 0 Å². The Morgan fingerprint density at radius 2 is 1.77 bits per heavy atom. The Balaban J connectivity index is 1.55. The Kier molecular flexibility index (Phi) is 4.77. The van der Waals surface area contributed by atoms with E-state index < -0.39 is 0 Å². The molecule has 1 aromatic heterocycles. The van der Waals surface area contributed by atoms with Crippen molar-refractivity contribution in [3.05, 3.63) is 65.5 Å². The predicted octanol–water partition coefficient (Wildman–Crippen LogP) is 3.55. The number of likely N-dealkylation sites (tertiary alicyclic amines) is 2. The Morgan fingerprint density at radius 3 is 2.54 bits per heavy atom. The summed E-state index contributed by atoms with van der Waals surface area (Å²) in [6.45, 7) is 5.47. The molecule has 2 aliphatic heterocycles. The first-order chi connectivity index (χ1) is 12.7. The van der Waals surface area contributed by atoms with Gasteiger partial charge in [0.25, 0.3) is 0 Å². The van der Waals surface area contributed by atoms with Gasteiger partial charge >= 0.3 is 0 Å². The summed E-state index contributed by atoms with van der Waals surface area (Å²) in [5.74, 6) is 0.326. The fourth-order valence-corrected chi connectivity index (χ4v) is 4.60. The molecule has 0 bridgehead atoms. The van der Waals surface area contributed by atoms with Gasteiger partial charge in [0.2, 0.25) is 5.91 Å². The van der Waals surface area contributed by atoms with Crippen molar-refractivity contribution in [2.75, 3.05) is 13.1 Å². The zero-order chi connectivity index (χ0) is 18.0. The molecule has 2 aliphatic rings. The standard InChI is InChI=1S/C22H27N3O/c1-18-20(10-5-13-23-18)17-25-15-7-12-22(25)11-6-14-24(21(22)26)16-19-8-3-2-4-9-19/h2-5,8-10,13H,6-7,11-12,14-17H2,1H3. The number of hydrogen-bond acceptors (Lipinski definition) is 3. The van der Waals surface area contributed by atoms with Gasteiger partial charge in [0.1, 0.15) is 5.54 Å². The van der Waals surface area contributed by atoms with Crippen molar-refractivity contribution in [1.82, 2.24) is 14.8 Å². The van der Waals surface area contributed by atoms with Crippen molar-refractivity contribution in [3.63, 3.8) is 0 Å². The third kappa shape index (κ3) is 3.14. The van der Waals surface area contributed by atoms with Crippen molar-refractivity contribution in [3.8, 4) is 0 Å². The van der Waals surface area contributed by atoms with Crippen molar-refractivity contribution >= 4 is 5.91 Å². The molecule has 1 unspecified atom stereocenters. The number of carbonyl (C=O) groups is 1. The summed E-state index contributed by atoms with van der Waals surface area (Å²) in [6, 6.07) is 14.5. The number of aryl methyl sites for hydroxylation is 1. The third-order valence-electron chi connectivity index (χ3n) is 6.02. The van der Waals surface area contributed by atoms with Crippen molar-refractivity contribution in [2.24, 2.45) is 0 Å². The summed E-state index contributed by atoms with van der Waals surface area (Å²) in [5.41, 5.74) is 3.21. The number of rotatable bonds is 4. The molecular weight excluding hydrogens is 322 g/mol. The van der Waals surface area contributed by atoms with Crippen LogP contribution in [0.2, 0.25) is 0 Å². The molecule has 1 spiro atoms. The van der Waals surface area contributed by atoms with Crippen LogP contribution in [0.25, 0.3) is 0 Å². The summed E-state index contributed by atoms with van der Waals surface area (Å²) in [6.07, 6.45) is 5.99. The molecule has 26 heavy (non-hydrogen) atoms. The Bertz CT molecular complexity index is 776. The van der Waals surface area contributed by atoms with Crippen LogP contribution in [0.1, 0.15) is 42.5 Å². The minimum absolute atomic E-state index is 0.310. The zero-order valence-corrected chi connectivity index (χ0v) is 15.5. The molecule has 0 radical (unpaired) electrons. The maximum atomic E-state index is 13.5. The lowest BCUT2D eigenvalue weighted by molar-refractivity contribution is -0.148. The van der Waals surface area contributed by atoms with E-state index in [2.05, 4.69) is 39.9 Å². The minimum Gasteiger partial charge on any atom is -0.337 e. The molecule has 1 atom stereocenters. The predicted molar refractivity (Wildman–Crippen MR) is 102 cm³/mol. The zero-order valence-electron chi connectivity index (χ0n) is 15.5. The van der Waals surface area contributed by atoms with Gasteiger partial charge in [-0.25, -0.2) is 0 Å². The molecule has 2 fully saturated rings. The van der Waals surface area contributed by atoms with Gasteiger partial charge in [-0.05, 0) is 56.3 Å². The summed E-state index contributed by atoms with van der Waals surface area (Å²) in [5, 5.41) is 0. The maximum absolute atomic E-state index is 13.5. The average molecular weight is 349 g/mol. The van der Waals surface area contributed by atoms with Gasteiger partial charge in [0.05, 0.1) is 0 Å². The number of aromatic nitrogens is 1. The van der Waals surface area contributed by atoms with E-state index in [0.717, 1.165) is 57.6 Å². The van der Waals surface area contributed by atoms with E-state index in [0.29, 0.717) is 5.91 Å². The average Bonchev–Trinajstić information content (AvgIpc) is 3.05. The highest BCUT2D eigenvalue weighted by Gasteiger charge is 2.50. The number of piperidine rings is 1. The fourth-order valence-electron chi connectivity index (χ4n) is 4.60. The lowest BCUT2D eigenvalue weighted by Crippen LogP contribution is -2.59. The van der Waals surface area contributed by atoms with E-state index in [1.54, 1.807) is 0 Å². The normalized spacial score (nSPS) is 23.7. The van der Waals surface area contributed by atoms with Crippen LogP contribution in [-0.2, 0) is 17.9 Å². The van der Waals surface area contributed by atoms with E-state index in [1.165, 1.54) is 11.1 Å². The second kappa shape index (κ2) is 7.20. The molecular formula is C22H27N3O. The number of carbonyl (C=O) groups excluding carboxylic acids is 1. The first kappa shape index (κ1) is 17.2. The van der Waals surface area contributed by atoms with Gasteiger partial charge in [0, 0.05) is 31.5 Å². The molecule has 0 N–H and O–H groups in total. The van der Waals surface area contributed by atoms with E-state index >= 15 is 0 Å². The molecule has 2 saturated heterocycles. The molecule has 1 amide bonds. The summed E-state index contributed by atoms with van der Waals surface area (Å²) in [7, 11) is 0. The molecule has 0 saturated carbocycles. The van der Waals surface area contributed by atoms with Crippen LogP contribution in [-0.4, -0.2) is 39.3 Å². The SMILES string of the molecule is Cc1ncccc1CN1CCCC12CCCN(Cc1ccccc1)C2=O. The Hall–Kier alpha value is -2.20. The van der Waals surface area contributed by atoms with Crippen LogP contribution in [0.15, 0.2) is 48.7 Å². The second-order valence-electron chi connectivity index (χ2n) is 7.62. The van der Waals surface area contributed by atoms with Gasteiger partial charge in [-0.3, -0.25) is 14.7 Å². The summed E-state index contributed by atoms with van der Waals surface area (Å²) < 4.78 is 0.